The number of nitrogens with one attached hydrogen (secondary N) is 2. The van der Waals surface area contributed by atoms with Crippen LogP contribution >= 0.6 is 0 Å². The van der Waals surface area contributed by atoms with Crippen molar-refractivity contribution in [3.8, 4) is 6.07 Å². The highest BCUT2D eigenvalue weighted by Crippen LogP contribution is 2.32. The Hall–Kier alpha value is -2.49. The number of nitrogens with zero attached hydrogens (tertiary/aromatic N) is 2. The molecule has 2 N–H and O–H groups in total. The molecule has 1 heterocycles. The SMILES string of the molecule is CC(Nc1ccc(C(F)(F)F)cc1C#N)c1ncc[nH]1. The molecule has 2 rings (SSSR count). The molecule has 1 atom stereocenters. The molecule has 104 valence electrons. The molecule has 0 aliphatic rings. The van der Waals surface area contributed by atoms with Gasteiger partial charge in [0.15, 0.2) is 0 Å². The molecule has 1 unspecified atom stereocenters. The van der Waals surface area contributed by atoms with E-state index in [9.17, 15) is 13.2 Å². The van der Waals surface area contributed by atoms with Crippen LogP contribution in [0.5, 0.6) is 0 Å². The van der Waals surface area contributed by atoms with Gasteiger partial charge in [-0.3, -0.25) is 0 Å². The van der Waals surface area contributed by atoms with E-state index >= 15 is 0 Å². The molecule has 0 fully saturated rings. The van der Waals surface area contributed by atoms with Gasteiger partial charge in [-0.05, 0) is 25.1 Å². The number of imidazole rings is 1. The average molecular weight is 280 g/mol. The molecule has 1 aromatic carbocycles. The van der Waals surface area contributed by atoms with Crippen LogP contribution in [0.3, 0.4) is 0 Å². The zero-order valence-corrected chi connectivity index (χ0v) is 10.5. The Balaban J connectivity index is 2.27. The maximum atomic E-state index is 12.6. The topological polar surface area (TPSA) is 64.5 Å². The third kappa shape index (κ3) is 2.91. The fourth-order valence-corrected chi connectivity index (χ4v) is 1.75. The van der Waals surface area contributed by atoms with Crippen molar-refractivity contribution in [2.75, 3.05) is 5.32 Å². The van der Waals surface area contributed by atoms with E-state index in [-0.39, 0.29) is 11.6 Å². The molecular formula is C13H11F3N4. The first kappa shape index (κ1) is 13.9. The maximum absolute atomic E-state index is 12.6. The van der Waals surface area contributed by atoms with E-state index in [2.05, 4.69) is 15.3 Å². The van der Waals surface area contributed by atoms with Gasteiger partial charge in [0.05, 0.1) is 22.9 Å². The number of rotatable bonds is 3. The minimum Gasteiger partial charge on any atom is -0.374 e. The molecule has 0 amide bonds. The Labute approximate surface area is 113 Å². The number of halogens is 3. The molecule has 0 saturated heterocycles. The molecule has 0 aliphatic heterocycles. The Kier molecular flexibility index (Phi) is 3.66. The maximum Gasteiger partial charge on any atom is 0.416 e. The molecule has 1 aromatic heterocycles. The second-order valence-corrected chi connectivity index (χ2v) is 4.21. The number of H-pyrrole nitrogens is 1. The predicted molar refractivity (Wildman–Crippen MR) is 66.8 cm³/mol. The van der Waals surface area contributed by atoms with Crippen LogP contribution in [-0.4, -0.2) is 9.97 Å². The Morgan fingerprint density at radius 3 is 2.70 bits per heavy atom. The second kappa shape index (κ2) is 5.25. The zero-order valence-electron chi connectivity index (χ0n) is 10.5. The van der Waals surface area contributed by atoms with Crippen molar-refractivity contribution in [2.24, 2.45) is 0 Å². The van der Waals surface area contributed by atoms with Gasteiger partial charge in [-0.15, -0.1) is 0 Å². The van der Waals surface area contributed by atoms with E-state index in [1.54, 1.807) is 25.4 Å². The van der Waals surface area contributed by atoms with Crippen LogP contribution in [0.1, 0.15) is 29.9 Å². The largest absolute Gasteiger partial charge is 0.416 e. The van der Waals surface area contributed by atoms with Crippen molar-refractivity contribution >= 4 is 5.69 Å². The standard InChI is InChI=1S/C13H11F3N4/c1-8(12-18-4-5-19-12)20-11-3-2-10(13(14,15)16)6-9(11)7-17/h2-6,8,20H,1H3,(H,18,19). The normalized spacial score (nSPS) is 12.8. The van der Waals surface area contributed by atoms with E-state index < -0.39 is 11.7 Å². The molecule has 7 heteroatoms. The molecule has 0 bridgehead atoms. The van der Waals surface area contributed by atoms with Crippen molar-refractivity contribution < 1.29 is 13.2 Å². The fourth-order valence-electron chi connectivity index (χ4n) is 1.75. The van der Waals surface area contributed by atoms with E-state index in [1.807, 2.05) is 0 Å². The molecule has 0 saturated carbocycles. The zero-order chi connectivity index (χ0) is 14.8. The minimum absolute atomic E-state index is 0.0572. The smallest absolute Gasteiger partial charge is 0.374 e. The number of anilines is 1. The third-order valence-corrected chi connectivity index (χ3v) is 2.77. The Bertz CT molecular complexity index is 626. The fraction of sp³-hybridized carbons (Fsp3) is 0.231. The van der Waals surface area contributed by atoms with Crippen LogP contribution in [-0.2, 0) is 6.18 Å². The summed E-state index contributed by atoms with van der Waals surface area (Å²) in [5, 5.41) is 11.9. The summed E-state index contributed by atoms with van der Waals surface area (Å²) in [6.45, 7) is 1.79. The van der Waals surface area contributed by atoms with Crippen molar-refractivity contribution in [3.05, 3.63) is 47.5 Å². The Morgan fingerprint density at radius 1 is 1.40 bits per heavy atom. The van der Waals surface area contributed by atoms with Gasteiger partial charge in [0.25, 0.3) is 0 Å². The number of hydrogen-bond acceptors (Lipinski definition) is 3. The third-order valence-electron chi connectivity index (χ3n) is 2.77. The van der Waals surface area contributed by atoms with E-state index in [0.29, 0.717) is 11.5 Å². The number of benzene rings is 1. The van der Waals surface area contributed by atoms with Crippen LogP contribution < -0.4 is 5.32 Å². The van der Waals surface area contributed by atoms with Crippen LogP contribution in [0.2, 0.25) is 0 Å². The van der Waals surface area contributed by atoms with Crippen LogP contribution in [0.4, 0.5) is 18.9 Å². The minimum atomic E-state index is -4.46. The monoisotopic (exact) mass is 280 g/mol. The van der Waals surface area contributed by atoms with Gasteiger partial charge in [-0.25, -0.2) is 4.98 Å². The number of aromatic nitrogens is 2. The summed E-state index contributed by atoms with van der Waals surface area (Å²) in [5.74, 6) is 0.633. The highest BCUT2D eigenvalue weighted by Gasteiger charge is 2.31. The second-order valence-electron chi connectivity index (χ2n) is 4.21. The van der Waals surface area contributed by atoms with Gasteiger partial charge in [-0.2, -0.15) is 18.4 Å². The summed E-state index contributed by atoms with van der Waals surface area (Å²) < 4.78 is 37.7. The molecular weight excluding hydrogens is 269 g/mol. The highest BCUT2D eigenvalue weighted by atomic mass is 19.4. The van der Waals surface area contributed by atoms with Gasteiger partial charge in [0.2, 0.25) is 0 Å². The number of hydrogen-bond donors (Lipinski definition) is 2. The van der Waals surface area contributed by atoms with Gasteiger partial charge >= 0.3 is 6.18 Å². The van der Waals surface area contributed by atoms with Gasteiger partial charge in [0.1, 0.15) is 11.9 Å². The first-order chi connectivity index (χ1) is 9.41. The summed E-state index contributed by atoms with van der Waals surface area (Å²) in [4.78, 5) is 6.94. The first-order valence-corrected chi connectivity index (χ1v) is 5.79. The predicted octanol–water partition coefficient (Wildman–Crippen LogP) is 3.47. The summed E-state index contributed by atoms with van der Waals surface area (Å²) in [6.07, 6.45) is -1.24. The highest BCUT2D eigenvalue weighted by molar-refractivity contribution is 5.59. The Morgan fingerprint density at radius 2 is 2.15 bits per heavy atom. The molecule has 20 heavy (non-hydrogen) atoms. The summed E-state index contributed by atoms with van der Waals surface area (Å²) >= 11 is 0. The first-order valence-electron chi connectivity index (χ1n) is 5.79. The summed E-state index contributed by atoms with van der Waals surface area (Å²) in [6, 6.07) is 4.53. The van der Waals surface area contributed by atoms with Gasteiger partial charge in [-0.1, -0.05) is 0 Å². The lowest BCUT2D eigenvalue weighted by atomic mass is 10.1. The molecule has 0 radical (unpaired) electrons. The van der Waals surface area contributed by atoms with Crippen molar-refractivity contribution in [1.29, 1.82) is 5.26 Å². The lowest BCUT2D eigenvalue weighted by molar-refractivity contribution is -0.137. The molecule has 4 nitrogen and oxygen atoms in total. The average Bonchev–Trinajstić information content (AvgIpc) is 2.91. The van der Waals surface area contributed by atoms with Crippen molar-refractivity contribution in [3.63, 3.8) is 0 Å². The molecule has 2 aromatic rings. The van der Waals surface area contributed by atoms with Crippen LogP contribution in [0, 0.1) is 11.3 Å². The van der Waals surface area contributed by atoms with Crippen LogP contribution in [0.25, 0.3) is 0 Å². The summed E-state index contributed by atoms with van der Waals surface area (Å²) in [5.41, 5.74) is -0.562. The van der Waals surface area contributed by atoms with Crippen molar-refractivity contribution in [1.82, 2.24) is 9.97 Å². The lowest BCUT2D eigenvalue weighted by Crippen LogP contribution is -2.11. The number of aromatic amines is 1. The quantitative estimate of drug-likeness (QED) is 0.904. The summed E-state index contributed by atoms with van der Waals surface area (Å²) in [7, 11) is 0. The lowest BCUT2D eigenvalue weighted by Gasteiger charge is -2.15. The number of alkyl halides is 3. The van der Waals surface area contributed by atoms with E-state index in [4.69, 9.17) is 5.26 Å². The van der Waals surface area contributed by atoms with Gasteiger partial charge < -0.3 is 10.3 Å². The van der Waals surface area contributed by atoms with E-state index in [0.717, 1.165) is 12.1 Å². The number of nitriles is 1. The van der Waals surface area contributed by atoms with Crippen molar-refractivity contribution in [2.45, 2.75) is 19.1 Å². The van der Waals surface area contributed by atoms with Gasteiger partial charge in [0, 0.05) is 12.4 Å². The van der Waals surface area contributed by atoms with E-state index in [1.165, 1.54) is 6.07 Å². The molecule has 0 spiro atoms. The van der Waals surface area contributed by atoms with Crippen LogP contribution in [0.15, 0.2) is 30.6 Å². The molecule has 0 aliphatic carbocycles.